The molecule has 1 aromatic carbocycles. The van der Waals surface area contributed by atoms with E-state index in [1.165, 1.54) is 24.0 Å². The van der Waals surface area contributed by atoms with E-state index in [1.807, 2.05) is 0 Å². The lowest BCUT2D eigenvalue weighted by Crippen LogP contribution is -2.21. The number of rotatable bonds is 3. The second kappa shape index (κ2) is 5.45. The van der Waals surface area contributed by atoms with Gasteiger partial charge in [0.1, 0.15) is 0 Å². The van der Waals surface area contributed by atoms with Crippen LogP contribution in [0.1, 0.15) is 24.0 Å². The number of nitrogens with one attached hydrogen (secondary N) is 1. The van der Waals surface area contributed by atoms with Crippen molar-refractivity contribution in [2.24, 2.45) is 0 Å². The number of aryl methyl sites for hydroxylation is 2. The summed E-state index contributed by atoms with van der Waals surface area (Å²) in [6.45, 7) is 6.21. The van der Waals surface area contributed by atoms with E-state index in [0.717, 1.165) is 30.5 Å². The SMILES string of the molecule is Cc1ccc(C)c(Nc2cnnc(N3CCCC3)n2)c1. The van der Waals surface area contributed by atoms with Crippen molar-refractivity contribution in [3.63, 3.8) is 0 Å². The number of anilines is 3. The molecule has 0 aliphatic carbocycles. The minimum Gasteiger partial charge on any atom is -0.339 e. The molecule has 1 aliphatic rings. The zero-order chi connectivity index (χ0) is 13.9. The number of benzene rings is 1. The normalized spacial score (nSPS) is 14.6. The first-order valence-corrected chi connectivity index (χ1v) is 7.01. The topological polar surface area (TPSA) is 53.9 Å². The van der Waals surface area contributed by atoms with Crippen LogP contribution in [0, 0.1) is 13.8 Å². The minimum absolute atomic E-state index is 0.720. The first kappa shape index (κ1) is 12.8. The fraction of sp³-hybridized carbons (Fsp3) is 0.400. The Bertz CT molecular complexity index is 605. The molecule has 0 bridgehead atoms. The van der Waals surface area contributed by atoms with Crippen LogP contribution < -0.4 is 10.2 Å². The first-order chi connectivity index (χ1) is 9.72. The highest BCUT2D eigenvalue weighted by Crippen LogP contribution is 2.22. The minimum atomic E-state index is 0.720. The summed E-state index contributed by atoms with van der Waals surface area (Å²) in [5, 5.41) is 11.5. The lowest BCUT2D eigenvalue weighted by Gasteiger charge is -2.15. The molecule has 1 fully saturated rings. The third-order valence-corrected chi connectivity index (χ3v) is 3.59. The van der Waals surface area contributed by atoms with Gasteiger partial charge in [-0.25, -0.2) is 0 Å². The molecule has 5 nitrogen and oxygen atoms in total. The molecule has 104 valence electrons. The maximum Gasteiger partial charge on any atom is 0.247 e. The van der Waals surface area contributed by atoms with Crippen molar-refractivity contribution in [3.8, 4) is 0 Å². The van der Waals surface area contributed by atoms with Gasteiger partial charge in [-0.2, -0.15) is 10.1 Å². The predicted molar refractivity (Wildman–Crippen MR) is 80.5 cm³/mol. The second-order valence-corrected chi connectivity index (χ2v) is 5.28. The van der Waals surface area contributed by atoms with Crippen LogP contribution in [0.25, 0.3) is 0 Å². The Morgan fingerprint density at radius 2 is 1.95 bits per heavy atom. The Hall–Kier alpha value is -2.17. The van der Waals surface area contributed by atoms with Gasteiger partial charge in [0.15, 0.2) is 5.82 Å². The Balaban J connectivity index is 1.83. The van der Waals surface area contributed by atoms with Gasteiger partial charge in [0, 0.05) is 18.8 Å². The summed E-state index contributed by atoms with van der Waals surface area (Å²) < 4.78 is 0. The lowest BCUT2D eigenvalue weighted by atomic mass is 10.1. The van der Waals surface area contributed by atoms with Gasteiger partial charge in [-0.3, -0.25) is 0 Å². The van der Waals surface area contributed by atoms with E-state index in [-0.39, 0.29) is 0 Å². The summed E-state index contributed by atoms with van der Waals surface area (Å²) in [7, 11) is 0. The van der Waals surface area contributed by atoms with Crippen molar-refractivity contribution in [1.29, 1.82) is 0 Å². The van der Waals surface area contributed by atoms with E-state index in [2.05, 4.69) is 57.4 Å². The summed E-state index contributed by atoms with van der Waals surface area (Å²) in [6.07, 6.45) is 4.08. The highest BCUT2D eigenvalue weighted by Gasteiger charge is 2.15. The van der Waals surface area contributed by atoms with Gasteiger partial charge in [-0.1, -0.05) is 12.1 Å². The molecule has 2 heterocycles. The van der Waals surface area contributed by atoms with Crippen molar-refractivity contribution in [2.75, 3.05) is 23.3 Å². The monoisotopic (exact) mass is 269 g/mol. The van der Waals surface area contributed by atoms with Crippen molar-refractivity contribution in [3.05, 3.63) is 35.5 Å². The van der Waals surface area contributed by atoms with E-state index < -0.39 is 0 Å². The molecule has 1 aliphatic heterocycles. The number of aromatic nitrogens is 3. The summed E-state index contributed by atoms with van der Waals surface area (Å²) in [6, 6.07) is 6.33. The molecular weight excluding hydrogens is 250 g/mol. The van der Waals surface area contributed by atoms with Crippen LogP contribution in [0.2, 0.25) is 0 Å². The molecule has 1 aromatic heterocycles. The molecule has 0 amide bonds. The lowest BCUT2D eigenvalue weighted by molar-refractivity contribution is 0.852. The molecule has 1 N–H and O–H groups in total. The average Bonchev–Trinajstić information content (AvgIpc) is 2.97. The number of hydrogen-bond donors (Lipinski definition) is 1. The molecule has 5 heteroatoms. The maximum atomic E-state index is 4.56. The van der Waals surface area contributed by atoms with Gasteiger partial charge >= 0.3 is 0 Å². The van der Waals surface area contributed by atoms with Gasteiger partial charge in [-0.05, 0) is 43.9 Å². The quantitative estimate of drug-likeness (QED) is 0.928. The molecule has 0 unspecified atom stereocenters. The number of hydrogen-bond acceptors (Lipinski definition) is 5. The van der Waals surface area contributed by atoms with E-state index >= 15 is 0 Å². The molecule has 0 saturated carbocycles. The van der Waals surface area contributed by atoms with Gasteiger partial charge in [0.25, 0.3) is 0 Å². The van der Waals surface area contributed by atoms with Crippen LogP contribution >= 0.6 is 0 Å². The van der Waals surface area contributed by atoms with Crippen LogP contribution in [0.5, 0.6) is 0 Å². The fourth-order valence-electron chi connectivity index (χ4n) is 2.41. The molecule has 2 aromatic rings. The van der Waals surface area contributed by atoms with Crippen LogP contribution in [0.3, 0.4) is 0 Å². The van der Waals surface area contributed by atoms with Crippen LogP contribution in [0.4, 0.5) is 17.5 Å². The maximum absolute atomic E-state index is 4.56. The Labute approximate surface area is 119 Å². The molecule has 20 heavy (non-hydrogen) atoms. The molecule has 1 saturated heterocycles. The van der Waals surface area contributed by atoms with Crippen molar-refractivity contribution >= 4 is 17.5 Å². The van der Waals surface area contributed by atoms with Crippen molar-refractivity contribution < 1.29 is 0 Å². The van der Waals surface area contributed by atoms with Crippen LogP contribution in [-0.2, 0) is 0 Å². The third kappa shape index (κ3) is 2.71. The zero-order valence-electron chi connectivity index (χ0n) is 11.9. The summed E-state index contributed by atoms with van der Waals surface area (Å²) in [5.74, 6) is 1.47. The Morgan fingerprint density at radius 1 is 1.15 bits per heavy atom. The average molecular weight is 269 g/mol. The molecular formula is C15H19N5. The van der Waals surface area contributed by atoms with Crippen LogP contribution in [-0.4, -0.2) is 28.3 Å². The van der Waals surface area contributed by atoms with E-state index in [9.17, 15) is 0 Å². The van der Waals surface area contributed by atoms with E-state index in [4.69, 9.17) is 0 Å². The zero-order valence-corrected chi connectivity index (χ0v) is 11.9. The molecule has 0 atom stereocenters. The molecule has 0 spiro atoms. The highest BCUT2D eigenvalue weighted by molar-refractivity contribution is 5.61. The fourth-order valence-corrected chi connectivity index (χ4v) is 2.41. The van der Waals surface area contributed by atoms with E-state index in [1.54, 1.807) is 6.20 Å². The van der Waals surface area contributed by atoms with Gasteiger partial charge in [0.05, 0.1) is 6.20 Å². The molecule has 3 rings (SSSR count). The van der Waals surface area contributed by atoms with Gasteiger partial charge in [0.2, 0.25) is 5.95 Å². The predicted octanol–water partition coefficient (Wildman–Crippen LogP) is 2.83. The molecule has 0 radical (unpaired) electrons. The second-order valence-electron chi connectivity index (χ2n) is 5.28. The van der Waals surface area contributed by atoms with Gasteiger partial charge in [-0.15, -0.1) is 5.10 Å². The standard InChI is InChI=1S/C15H19N5/c1-11-5-6-12(2)13(9-11)17-14-10-16-19-15(18-14)20-7-3-4-8-20/h5-6,9-10H,3-4,7-8H2,1-2H3,(H,17,18,19). The van der Waals surface area contributed by atoms with Crippen molar-refractivity contribution in [1.82, 2.24) is 15.2 Å². The Kier molecular flexibility index (Phi) is 3.50. The first-order valence-electron chi connectivity index (χ1n) is 7.01. The Morgan fingerprint density at radius 3 is 2.75 bits per heavy atom. The summed E-state index contributed by atoms with van der Waals surface area (Å²) >= 11 is 0. The smallest absolute Gasteiger partial charge is 0.247 e. The highest BCUT2D eigenvalue weighted by atomic mass is 15.3. The van der Waals surface area contributed by atoms with Gasteiger partial charge < -0.3 is 10.2 Å². The summed E-state index contributed by atoms with van der Waals surface area (Å²) in [4.78, 5) is 6.74. The number of nitrogens with zero attached hydrogens (tertiary/aromatic N) is 4. The third-order valence-electron chi connectivity index (χ3n) is 3.59. The van der Waals surface area contributed by atoms with Crippen LogP contribution in [0.15, 0.2) is 24.4 Å². The van der Waals surface area contributed by atoms with Crippen molar-refractivity contribution in [2.45, 2.75) is 26.7 Å². The summed E-state index contributed by atoms with van der Waals surface area (Å²) in [5.41, 5.74) is 3.48. The van der Waals surface area contributed by atoms with E-state index in [0.29, 0.717) is 0 Å². The largest absolute Gasteiger partial charge is 0.339 e.